The Bertz CT molecular complexity index is 398. The van der Waals surface area contributed by atoms with E-state index in [9.17, 15) is 0 Å². The van der Waals surface area contributed by atoms with Crippen molar-refractivity contribution >= 4 is 10.8 Å². The Labute approximate surface area is 66.4 Å². The van der Waals surface area contributed by atoms with Gasteiger partial charge >= 0.3 is 0 Å². The summed E-state index contributed by atoms with van der Waals surface area (Å²) >= 11 is 0. The van der Waals surface area contributed by atoms with Gasteiger partial charge in [0.25, 0.3) is 1.43 Å². The van der Waals surface area contributed by atoms with Crippen LogP contribution in [0.5, 0.6) is 5.75 Å². The molecule has 0 bridgehead atoms. The fourth-order valence-electron chi connectivity index (χ4n) is 1.17. The first-order valence-electron chi connectivity index (χ1n) is 3.93. The number of hydrogen-bond acceptors (Lipinski definition) is 1. The number of aromatic hydroxyl groups is 1. The molecule has 0 saturated carbocycles. The van der Waals surface area contributed by atoms with Crippen molar-refractivity contribution in [3.05, 3.63) is 42.5 Å². The maximum absolute atomic E-state index is 6.72. The van der Waals surface area contributed by atoms with Gasteiger partial charge < -0.3 is 5.11 Å². The molecular weight excluding hydrogens is 136 g/mol. The van der Waals surface area contributed by atoms with Gasteiger partial charge in [0, 0.05) is 0 Å². The van der Waals surface area contributed by atoms with Crippen LogP contribution in [0.15, 0.2) is 42.5 Å². The first kappa shape index (κ1) is 5.19. The molecule has 0 fully saturated rings. The molecule has 0 heterocycles. The lowest BCUT2D eigenvalue weighted by Crippen LogP contribution is -1.69. The van der Waals surface area contributed by atoms with Crippen LogP contribution in [0.25, 0.3) is 10.8 Å². The molecule has 1 heteroatoms. The van der Waals surface area contributed by atoms with E-state index in [1.54, 1.807) is 6.07 Å². The first-order valence-corrected chi connectivity index (χ1v) is 3.52. The standard InChI is InChI=1S/C10H8O/c11-10-6-5-8-3-1-2-4-9(8)7-10/h1-7,11H/i/hT. The molecule has 2 aromatic carbocycles. The lowest BCUT2D eigenvalue weighted by Gasteiger charge is -1.96. The summed E-state index contributed by atoms with van der Waals surface area (Å²) < 4.78 is 6.72. The highest BCUT2D eigenvalue weighted by atomic mass is 16.3. The number of phenolic OH excluding ortho intramolecular Hbond substituents is 1. The lowest BCUT2D eigenvalue weighted by atomic mass is 10.1. The fourth-order valence-corrected chi connectivity index (χ4v) is 1.17. The van der Waals surface area contributed by atoms with Crippen LogP contribution < -0.4 is 0 Å². The van der Waals surface area contributed by atoms with Crippen LogP contribution in [-0.2, 0) is 0 Å². The largest absolute Gasteiger partial charge is 0.508 e. The molecule has 2 rings (SSSR count). The molecule has 0 amide bonds. The van der Waals surface area contributed by atoms with Gasteiger partial charge in [-0.15, -0.1) is 0 Å². The second kappa shape index (κ2) is 2.27. The van der Waals surface area contributed by atoms with E-state index in [0.717, 1.165) is 5.39 Å². The van der Waals surface area contributed by atoms with Crippen LogP contribution >= 0.6 is 0 Å². The molecular formula is C10H8O. The molecule has 0 unspecified atom stereocenters. The van der Waals surface area contributed by atoms with Crippen molar-refractivity contribution in [3.63, 3.8) is 0 Å². The van der Waals surface area contributed by atoms with Gasteiger partial charge in [-0.25, -0.2) is 0 Å². The molecule has 0 atom stereocenters. The quantitative estimate of drug-likeness (QED) is 0.655. The third kappa shape index (κ3) is 1.05. The second-order valence-corrected chi connectivity index (χ2v) is 2.51. The minimum Gasteiger partial charge on any atom is -0.508 e. The molecule has 11 heavy (non-hydrogen) atoms. The summed E-state index contributed by atoms with van der Waals surface area (Å²) in [6.07, 6.45) is 0. The van der Waals surface area contributed by atoms with Crippen molar-refractivity contribution in [2.45, 2.75) is 0 Å². The van der Waals surface area contributed by atoms with Gasteiger partial charge in [0.1, 0.15) is 5.75 Å². The average molecular weight is 146 g/mol. The lowest BCUT2D eigenvalue weighted by molar-refractivity contribution is 0.476. The van der Waals surface area contributed by atoms with Gasteiger partial charge in [0.05, 0.1) is 0 Å². The Morgan fingerprint density at radius 1 is 1.00 bits per heavy atom. The van der Waals surface area contributed by atoms with E-state index < -0.39 is 0 Å². The minimum atomic E-state index is 0.578. The van der Waals surface area contributed by atoms with Crippen LogP contribution in [0.4, 0.5) is 0 Å². The van der Waals surface area contributed by atoms with Gasteiger partial charge in [-0.1, -0.05) is 30.3 Å². The van der Waals surface area contributed by atoms with Crippen molar-refractivity contribution in [1.29, 1.82) is 1.43 Å². The summed E-state index contributed by atoms with van der Waals surface area (Å²) in [6, 6.07) is 13.6. The van der Waals surface area contributed by atoms with E-state index >= 15 is 0 Å². The molecule has 1 nitrogen and oxygen atoms in total. The van der Waals surface area contributed by atoms with E-state index in [1.807, 2.05) is 36.4 Å². The molecule has 0 aliphatic rings. The fraction of sp³-hybridized carbons (Fsp3) is 0. The predicted octanol–water partition coefficient (Wildman–Crippen LogP) is 2.55. The molecule has 0 aliphatic carbocycles. The van der Waals surface area contributed by atoms with E-state index in [4.69, 9.17) is 1.43 Å². The van der Waals surface area contributed by atoms with Crippen LogP contribution in [-0.4, -0.2) is 6.54 Å². The minimum absolute atomic E-state index is 0.578. The Hall–Kier alpha value is -1.50. The number of phenols is 1. The highest BCUT2D eigenvalue weighted by molar-refractivity contribution is 5.83. The Balaban J connectivity index is 2.67. The molecule has 0 saturated heterocycles. The zero-order valence-electron chi connectivity index (χ0n) is 6.95. The molecule has 0 radical (unpaired) electrons. The Morgan fingerprint density at radius 3 is 2.64 bits per heavy atom. The monoisotopic (exact) mass is 146 g/mol. The summed E-state index contributed by atoms with van der Waals surface area (Å²) in [7, 11) is 0. The van der Waals surface area contributed by atoms with Crippen LogP contribution in [0.1, 0.15) is 0 Å². The maximum atomic E-state index is 6.72. The second-order valence-electron chi connectivity index (χ2n) is 2.51. The van der Waals surface area contributed by atoms with E-state index in [-0.39, 0.29) is 0 Å². The molecule has 0 spiro atoms. The van der Waals surface area contributed by atoms with Crippen LogP contribution in [0.2, 0.25) is 0 Å². The normalized spacial score (nSPS) is 11.1. The molecule has 54 valence electrons. The van der Waals surface area contributed by atoms with E-state index in [2.05, 4.69) is 5.11 Å². The molecule has 2 aromatic rings. The topological polar surface area (TPSA) is 20.2 Å². The molecule has 0 aromatic heterocycles. The summed E-state index contributed by atoms with van der Waals surface area (Å²) in [4.78, 5) is 0. The average Bonchev–Trinajstić information content (AvgIpc) is 2.17. The van der Waals surface area contributed by atoms with Crippen molar-refractivity contribution < 1.29 is 5.11 Å². The smallest absolute Gasteiger partial charge is 0.293 e. The third-order valence-corrected chi connectivity index (χ3v) is 1.72. The summed E-state index contributed by atoms with van der Waals surface area (Å²) in [5.41, 5.74) is 0. The highest BCUT2D eigenvalue weighted by Crippen LogP contribution is 2.18. The zero-order chi connectivity index (χ0) is 8.39. The maximum Gasteiger partial charge on any atom is 0.293 e. The third-order valence-electron chi connectivity index (χ3n) is 1.72. The van der Waals surface area contributed by atoms with E-state index in [1.165, 1.54) is 5.39 Å². The van der Waals surface area contributed by atoms with Crippen molar-refractivity contribution in [2.24, 2.45) is 0 Å². The summed E-state index contributed by atoms with van der Waals surface area (Å²) in [5, 5.41) is 6.64. The van der Waals surface area contributed by atoms with Gasteiger partial charge in [0.15, 0.2) is 0 Å². The number of hydrogen-bond donors (Lipinski definition) is 1. The first-order chi connectivity index (χ1) is 5.90. The molecule has 1 N–H and O–H groups in total. The number of benzene rings is 2. The SMILES string of the molecule is [3H]Oc1ccc2ccccc2c1. The van der Waals surface area contributed by atoms with E-state index in [0.29, 0.717) is 5.75 Å². The Morgan fingerprint density at radius 2 is 1.82 bits per heavy atom. The van der Waals surface area contributed by atoms with Crippen LogP contribution in [0.3, 0.4) is 0 Å². The Kier molecular flexibility index (Phi) is 1.07. The summed E-state index contributed by atoms with van der Waals surface area (Å²) in [6.45, 7) is 0. The van der Waals surface area contributed by atoms with Gasteiger partial charge in [-0.3, -0.25) is 0 Å². The van der Waals surface area contributed by atoms with Crippen LogP contribution in [0, 0.1) is 0 Å². The van der Waals surface area contributed by atoms with Crippen molar-refractivity contribution in [3.8, 4) is 5.75 Å². The van der Waals surface area contributed by atoms with Crippen molar-refractivity contribution in [2.75, 3.05) is 0 Å². The predicted molar refractivity (Wildman–Crippen MR) is 45.6 cm³/mol. The number of fused-ring (bicyclic) bond motifs is 1. The van der Waals surface area contributed by atoms with Crippen molar-refractivity contribution in [1.82, 2.24) is 0 Å². The highest BCUT2D eigenvalue weighted by Gasteiger charge is 1.91. The summed E-state index contributed by atoms with van der Waals surface area (Å²) in [5.74, 6) is 0.578. The molecule has 0 aliphatic heterocycles. The van der Waals surface area contributed by atoms with Gasteiger partial charge in [0.2, 0.25) is 0 Å². The number of rotatable bonds is 1. The van der Waals surface area contributed by atoms with Gasteiger partial charge in [-0.05, 0) is 22.9 Å². The zero-order valence-corrected chi connectivity index (χ0v) is 5.95. The van der Waals surface area contributed by atoms with Gasteiger partial charge in [-0.2, -0.15) is 0 Å².